The molecule has 1 amide bonds. The van der Waals surface area contributed by atoms with Gasteiger partial charge in [-0.15, -0.1) is 17.5 Å². The smallest absolute Gasteiger partial charge is 0.288 e. The van der Waals surface area contributed by atoms with Crippen molar-refractivity contribution in [3.63, 3.8) is 0 Å². The number of ether oxygens (including phenoxy) is 1. The fourth-order valence-corrected chi connectivity index (χ4v) is 4.16. The van der Waals surface area contributed by atoms with Crippen LogP contribution in [-0.4, -0.2) is 32.7 Å². The van der Waals surface area contributed by atoms with Crippen molar-refractivity contribution in [3.8, 4) is 5.75 Å². The molecule has 0 aliphatic carbocycles. The maximum atomic E-state index is 12.8. The molecule has 4 aromatic rings. The summed E-state index contributed by atoms with van der Waals surface area (Å²) in [7, 11) is 1.60. The molecular formula is C25H19Cl3N6O4. The second kappa shape index (κ2) is 11.1. The topological polar surface area (TPSA) is 124 Å². The fraction of sp³-hybridized carbons (Fsp3) is 0.0800. The fourth-order valence-electron chi connectivity index (χ4n) is 3.85. The summed E-state index contributed by atoms with van der Waals surface area (Å²) in [5.74, 6) is 0.512. The minimum absolute atomic E-state index is 0. The highest BCUT2D eigenvalue weighted by molar-refractivity contribution is 6.32. The molecule has 0 saturated heterocycles. The largest absolute Gasteiger partial charge is 0.497 e. The van der Waals surface area contributed by atoms with Gasteiger partial charge >= 0.3 is 0 Å². The van der Waals surface area contributed by atoms with Crippen LogP contribution in [0.2, 0.25) is 10.0 Å². The van der Waals surface area contributed by atoms with E-state index in [1.807, 2.05) is 42.5 Å². The first-order valence-electron chi connectivity index (χ1n) is 10.9. The van der Waals surface area contributed by atoms with Gasteiger partial charge in [0.2, 0.25) is 5.95 Å². The van der Waals surface area contributed by atoms with Gasteiger partial charge in [-0.05, 0) is 53.6 Å². The third kappa shape index (κ3) is 5.42. The third-order valence-corrected chi connectivity index (χ3v) is 6.28. The van der Waals surface area contributed by atoms with Crippen LogP contribution in [0.1, 0.15) is 27.5 Å². The van der Waals surface area contributed by atoms with Gasteiger partial charge in [-0.1, -0.05) is 47.5 Å². The number of carbonyl (C=O) groups excluding carboxylic acids is 1. The van der Waals surface area contributed by atoms with Crippen LogP contribution < -0.4 is 15.4 Å². The van der Waals surface area contributed by atoms with Crippen LogP contribution in [0.25, 0.3) is 5.70 Å². The standard InChI is InChI=1S/C25H18Cl2N6O4.ClH/c1-37-18-9-4-15(5-10-18)21-13-20(14-2-7-17(26)8-3-14)28-25-30-24(31-32(21)25)29-23(34)16-6-11-19(27)22(12-16)33(35)36;/h2-13,21H,1H3,(H2,28,29,30,31,34);1H. The van der Waals surface area contributed by atoms with Gasteiger partial charge in [0, 0.05) is 22.3 Å². The molecule has 5 rings (SSSR count). The number of anilines is 2. The molecule has 0 radical (unpaired) electrons. The number of nitro groups is 1. The lowest BCUT2D eigenvalue weighted by atomic mass is 10.0. The molecule has 2 heterocycles. The van der Waals surface area contributed by atoms with Crippen molar-refractivity contribution in [2.75, 3.05) is 17.7 Å². The molecule has 1 unspecified atom stereocenters. The summed E-state index contributed by atoms with van der Waals surface area (Å²) in [5.41, 5.74) is 2.25. The quantitative estimate of drug-likeness (QED) is 0.207. The van der Waals surface area contributed by atoms with E-state index < -0.39 is 10.8 Å². The summed E-state index contributed by atoms with van der Waals surface area (Å²) in [5, 5.41) is 22.1. The number of hydrogen-bond donors (Lipinski definition) is 2. The summed E-state index contributed by atoms with van der Waals surface area (Å²) in [6.45, 7) is 0. The van der Waals surface area contributed by atoms with Crippen molar-refractivity contribution in [2.24, 2.45) is 0 Å². The Hall–Kier alpha value is -4.12. The Kier molecular flexibility index (Phi) is 7.86. The highest BCUT2D eigenvalue weighted by atomic mass is 35.5. The van der Waals surface area contributed by atoms with Crippen LogP contribution in [0.5, 0.6) is 5.75 Å². The number of amides is 1. The lowest BCUT2D eigenvalue weighted by molar-refractivity contribution is -0.384. The van der Waals surface area contributed by atoms with E-state index in [1.165, 1.54) is 12.1 Å². The first kappa shape index (κ1) is 26.9. The molecule has 0 spiro atoms. The van der Waals surface area contributed by atoms with Crippen LogP contribution in [0.4, 0.5) is 17.6 Å². The zero-order chi connectivity index (χ0) is 26.1. The van der Waals surface area contributed by atoms with Crippen molar-refractivity contribution in [2.45, 2.75) is 6.04 Å². The van der Waals surface area contributed by atoms with E-state index in [1.54, 1.807) is 23.9 Å². The minimum Gasteiger partial charge on any atom is -0.497 e. The van der Waals surface area contributed by atoms with Crippen LogP contribution >= 0.6 is 35.6 Å². The van der Waals surface area contributed by atoms with Gasteiger partial charge in [-0.25, -0.2) is 4.68 Å². The second-order valence-corrected chi connectivity index (χ2v) is 8.85. The molecule has 10 nitrogen and oxygen atoms in total. The average Bonchev–Trinajstić information content (AvgIpc) is 3.31. The summed E-state index contributed by atoms with van der Waals surface area (Å²) >= 11 is 11.9. The predicted molar refractivity (Wildman–Crippen MR) is 148 cm³/mol. The Morgan fingerprint density at radius 3 is 2.47 bits per heavy atom. The Bertz CT molecular complexity index is 1540. The zero-order valence-electron chi connectivity index (χ0n) is 19.6. The first-order chi connectivity index (χ1) is 17.8. The number of nitro benzene ring substituents is 1. The molecule has 0 saturated carbocycles. The molecule has 0 fully saturated rings. The van der Waals surface area contributed by atoms with E-state index in [2.05, 4.69) is 20.7 Å². The normalized spacial score (nSPS) is 13.9. The van der Waals surface area contributed by atoms with E-state index in [0.717, 1.165) is 22.9 Å². The van der Waals surface area contributed by atoms with E-state index >= 15 is 0 Å². The van der Waals surface area contributed by atoms with E-state index in [0.29, 0.717) is 16.7 Å². The number of nitrogens with zero attached hydrogens (tertiary/aromatic N) is 4. The number of aromatic nitrogens is 3. The number of hydrogen-bond acceptors (Lipinski definition) is 7. The van der Waals surface area contributed by atoms with Crippen molar-refractivity contribution < 1.29 is 14.5 Å². The number of methoxy groups -OCH3 is 1. The van der Waals surface area contributed by atoms with Gasteiger partial charge in [-0.3, -0.25) is 20.2 Å². The summed E-state index contributed by atoms with van der Waals surface area (Å²) in [6, 6.07) is 18.3. The van der Waals surface area contributed by atoms with Crippen molar-refractivity contribution in [1.29, 1.82) is 0 Å². The van der Waals surface area contributed by atoms with Crippen molar-refractivity contribution in [3.05, 3.63) is 110 Å². The van der Waals surface area contributed by atoms with Gasteiger partial charge in [0.15, 0.2) is 0 Å². The van der Waals surface area contributed by atoms with Crippen LogP contribution in [-0.2, 0) is 0 Å². The SMILES string of the molecule is COc1ccc(C2C=C(c3ccc(Cl)cc3)Nc3nc(NC(=O)c4ccc(Cl)c([N+](=O)[O-])c4)nn32)cc1.Cl. The molecule has 1 aromatic heterocycles. The van der Waals surface area contributed by atoms with E-state index in [9.17, 15) is 14.9 Å². The van der Waals surface area contributed by atoms with Crippen molar-refractivity contribution in [1.82, 2.24) is 14.8 Å². The minimum atomic E-state index is -0.653. The molecule has 13 heteroatoms. The Labute approximate surface area is 232 Å². The lowest BCUT2D eigenvalue weighted by Crippen LogP contribution is -2.20. The van der Waals surface area contributed by atoms with Crippen molar-refractivity contribution >= 4 is 64.8 Å². The number of nitrogens with one attached hydrogen (secondary N) is 2. The number of halogens is 3. The number of rotatable bonds is 6. The van der Waals surface area contributed by atoms with Gasteiger partial charge in [-0.2, -0.15) is 4.98 Å². The average molecular weight is 574 g/mol. The van der Waals surface area contributed by atoms with Gasteiger partial charge < -0.3 is 10.1 Å². The number of allylic oxidation sites excluding steroid dienone is 1. The summed E-state index contributed by atoms with van der Waals surface area (Å²) in [6.07, 6.45) is 1.99. The third-order valence-electron chi connectivity index (χ3n) is 5.71. The van der Waals surface area contributed by atoms with Gasteiger partial charge in [0.05, 0.1) is 12.0 Å². The molecule has 0 bridgehead atoms. The second-order valence-electron chi connectivity index (χ2n) is 8.01. The Balaban J connectivity index is 0.00000336. The number of fused-ring (bicyclic) bond motifs is 1. The van der Waals surface area contributed by atoms with E-state index in [4.69, 9.17) is 27.9 Å². The molecule has 2 N–H and O–H groups in total. The highest BCUT2D eigenvalue weighted by Crippen LogP contribution is 2.34. The molecule has 1 atom stereocenters. The Morgan fingerprint density at radius 1 is 1.11 bits per heavy atom. The molecular weight excluding hydrogens is 555 g/mol. The van der Waals surface area contributed by atoms with Crippen LogP contribution in [0.3, 0.4) is 0 Å². The van der Waals surface area contributed by atoms with Gasteiger partial charge in [0.1, 0.15) is 16.8 Å². The van der Waals surface area contributed by atoms with E-state index in [-0.39, 0.29) is 40.7 Å². The number of carbonyl (C=O) groups is 1. The molecule has 3 aromatic carbocycles. The zero-order valence-corrected chi connectivity index (χ0v) is 21.9. The maximum absolute atomic E-state index is 12.8. The maximum Gasteiger partial charge on any atom is 0.288 e. The van der Waals surface area contributed by atoms with Crippen LogP contribution in [0.15, 0.2) is 72.8 Å². The molecule has 1 aliphatic rings. The molecule has 38 heavy (non-hydrogen) atoms. The monoisotopic (exact) mass is 572 g/mol. The van der Waals surface area contributed by atoms with Crippen LogP contribution in [0, 0.1) is 10.1 Å². The number of benzene rings is 3. The Morgan fingerprint density at radius 2 is 1.82 bits per heavy atom. The predicted octanol–water partition coefficient (Wildman–Crippen LogP) is 6.23. The molecule has 1 aliphatic heterocycles. The highest BCUT2D eigenvalue weighted by Gasteiger charge is 2.26. The van der Waals surface area contributed by atoms with Gasteiger partial charge in [0.25, 0.3) is 17.5 Å². The lowest BCUT2D eigenvalue weighted by Gasteiger charge is -2.24. The molecule has 194 valence electrons. The first-order valence-corrected chi connectivity index (χ1v) is 11.7. The summed E-state index contributed by atoms with van der Waals surface area (Å²) < 4.78 is 6.92. The summed E-state index contributed by atoms with van der Waals surface area (Å²) in [4.78, 5) is 27.8.